The Morgan fingerprint density at radius 2 is 2.24 bits per heavy atom. The van der Waals surface area contributed by atoms with Crippen LogP contribution in [0.25, 0.3) is 0 Å². The average molecular weight is 290 g/mol. The van der Waals surface area contributed by atoms with Gasteiger partial charge in [0, 0.05) is 25.1 Å². The van der Waals surface area contributed by atoms with E-state index < -0.39 is 4.92 Å². The summed E-state index contributed by atoms with van der Waals surface area (Å²) in [6, 6.07) is 3.61. The van der Waals surface area contributed by atoms with Gasteiger partial charge in [0.2, 0.25) is 5.91 Å². The first kappa shape index (κ1) is 13.8. The lowest BCUT2D eigenvalue weighted by molar-refractivity contribution is -0.383. The molecule has 0 bridgehead atoms. The van der Waals surface area contributed by atoms with E-state index in [1.807, 2.05) is 0 Å². The van der Waals surface area contributed by atoms with Crippen molar-refractivity contribution < 1.29 is 9.72 Å². The van der Waals surface area contributed by atoms with E-state index >= 15 is 0 Å². The first-order valence-electron chi connectivity index (χ1n) is 7.22. The van der Waals surface area contributed by atoms with Crippen molar-refractivity contribution in [2.24, 2.45) is 0 Å². The summed E-state index contributed by atoms with van der Waals surface area (Å²) in [5, 5.41) is 20.5. The standard InChI is InChI=1S/C14H18N4O3/c19-14-4-3-9-6-12(16-8-10-2-1-5-15-10)13(18(20)21)7-11(9)17-14/h6-7,10,15-16H,1-5,8H2,(H,17,19). The summed E-state index contributed by atoms with van der Waals surface area (Å²) in [6.45, 7) is 1.68. The molecule has 3 N–H and O–H groups in total. The van der Waals surface area contributed by atoms with E-state index in [4.69, 9.17) is 0 Å². The summed E-state index contributed by atoms with van der Waals surface area (Å²) in [5.41, 5.74) is 2.04. The number of nitrogens with zero attached hydrogens (tertiary/aromatic N) is 1. The molecule has 2 heterocycles. The lowest BCUT2D eigenvalue weighted by Gasteiger charge is -2.19. The highest BCUT2D eigenvalue weighted by Gasteiger charge is 2.23. The molecule has 0 spiro atoms. The maximum Gasteiger partial charge on any atom is 0.294 e. The van der Waals surface area contributed by atoms with Crippen LogP contribution in [0.4, 0.5) is 17.1 Å². The number of anilines is 2. The van der Waals surface area contributed by atoms with Crippen molar-refractivity contribution in [3.05, 3.63) is 27.8 Å². The van der Waals surface area contributed by atoms with Gasteiger partial charge in [0.1, 0.15) is 5.69 Å². The monoisotopic (exact) mass is 290 g/mol. The Morgan fingerprint density at radius 1 is 1.38 bits per heavy atom. The minimum Gasteiger partial charge on any atom is -0.378 e. The number of nitro groups is 1. The van der Waals surface area contributed by atoms with E-state index in [-0.39, 0.29) is 11.6 Å². The second-order valence-corrected chi connectivity index (χ2v) is 5.51. The quantitative estimate of drug-likeness (QED) is 0.578. The fourth-order valence-electron chi connectivity index (χ4n) is 2.87. The molecule has 112 valence electrons. The van der Waals surface area contributed by atoms with E-state index in [0.717, 1.165) is 24.9 Å². The van der Waals surface area contributed by atoms with E-state index in [1.54, 1.807) is 6.07 Å². The first-order chi connectivity index (χ1) is 10.1. The first-order valence-corrected chi connectivity index (χ1v) is 7.22. The summed E-state index contributed by atoms with van der Waals surface area (Å²) < 4.78 is 0. The summed E-state index contributed by atoms with van der Waals surface area (Å²) in [7, 11) is 0. The zero-order chi connectivity index (χ0) is 14.8. The molecule has 7 heteroatoms. The molecule has 1 unspecified atom stereocenters. The molecular formula is C14H18N4O3. The average Bonchev–Trinajstić information content (AvgIpc) is 2.97. The van der Waals surface area contributed by atoms with E-state index in [1.165, 1.54) is 6.07 Å². The van der Waals surface area contributed by atoms with Gasteiger partial charge in [0.05, 0.1) is 10.6 Å². The normalized spacial score (nSPS) is 20.8. The van der Waals surface area contributed by atoms with Gasteiger partial charge in [0.15, 0.2) is 0 Å². The third-order valence-corrected chi connectivity index (χ3v) is 4.02. The molecule has 1 aromatic rings. The van der Waals surface area contributed by atoms with Crippen LogP contribution in [0, 0.1) is 10.1 Å². The van der Waals surface area contributed by atoms with E-state index in [9.17, 15) is 14.9 Å². The fourth-order valence-corrected chi connectivity index (χ4v) is 2.87. The molecular weight excluding hydrogens is 272 g/mol. The Kier molecular flexibility index (Phi) is 3.74. The predicted octanol–water partition coefficient (Wildman–Crippen LogP) is 1.64. The Morgan fingerprint density at radius 3 is 2.95 bits per heavy atom. The summed E-state index contributed by atoms with van der Waals surface area (Å²) in [5.74, 6) is -0.0901. The van der Waals surface area contributed by atoms with Crippen LogP contribution in [0.1, 0.15) is 24.8 Å². The molecule has 0 saturated carbocycles. The van der Waals surface area contributed by atoms with Crippen LogP contribution < -0.4 is 16.0 Å². The lowest BCUT2D eigenvalue weighted by Crippen LogP contribution is -2.29. The molecule has 7 nitrogen and oxygen atoms in total. The SMILES string of the molecule is O=C1CCc2cc(NCC3CCCN3)c([N+](=O)[O-])cc2N1. The molecule has 3 rings (SSSR count). The smallest absolute Gasteiger partial charge is 0.294 e. The van der Waals surface area contributed by atoms with Gasteiger partial charge in [-0.25, -0.2) is 0 Å². The summed E-state index contributed by atoms with van der Waals surface area (Å²) in [6.07, 6.45) is 3.27. The highest BCUT2D eigenvalue weighted by Crippen LogP contribution is 2.34. The third kappa shape index (κ3) is 2.97. The second kappa shape index (κ2) is 5.69. The van der Waals surface area contributed by atoms with Crippen molar-refractivity contribution in [3.63, 3.8) is 0 Å². The zero-order valence-corrected chi connectivity index (χ0v) is 11.6. The van der Waals surface area contributed by atoms with Crippen LogP contribution in [0.3, 0.4) is 0 Å². The number of aryl methyl sites for hydroxylation is 1. The molecule has 0 aliphatic carbocycles. The van der Waals surface area contributed by atoms with E-state index in [0.29, 0.717) is 36.8 Å². The summed E-state index contributed by atoms with van der Waals surface area (Å²) >= 11 is 0. The number of carbonyl (C=O) groups excluding carboxylic acids is 1. The van der Waals surface area contributed by atoms with Crippen LogP contribution >= 0.6 is 0 Å². The largest absolute Gasteiger partial charge is 0.378 e. The fraction of sp³-hybridized carbons (Fsp3) is 0.500. The van der Waals surface area contributed by atoms with Gasteiger partial charge in [-0.1, -0.05) is 0 Å². The minimum absolute atomic E-state index is 0.00828. The molecule has 2 aliphatic heterocycles. The van der Waals surface area contributed by atoms with Gasteiger partial charge in [-0.05, 0) is 37.4 Å². The van der Waals surface area contributed by atoms with Gasteiger partial charge < -0.3 is 16.0 Å². The van der Waals surface area contributed by atoms with Gasteiger partial charge in [-0.3, -0.25) is 14.9 Å². The molecule has 1 amide bonds. The number of fused-ring (bicyclic) bond motifs is 1. The molecule has 1 aromatic carbocycles. The van der Waals surface area contributed by atoms with Crippen molar-refractivity contribution in [2.75, 3.05) is 23.7 Å². The highest BCUT2D eigenvalue weighted by molar-refractivity contribution is 5.95. The number of hydrogen-bond donors (Lipinski definition) is 3. The Hall–Kier alpha value is -2.15. The number of amides is 1. The maximum atomic E-state index is 11.4. The molecule has 1 atom stereocenters. The van der Waals surface area contributed by atoms with Crippen molar-refractivity contribution >= 4 is 23.0 Å². The van der Waals surface area contributed by atoms with Crippen LogP contribution in [0.2, 0.25) is 0 Å². The van der Waals surface area contributed by atoms with Gasteiger partial charge >= 0.3 is 0 Å². The number of rotatable bonds is 4. The van der Waals surface area contributed by atoms with Crippen LogP contribution in [-0.4, -0.2) is 30.0 Å². The molecule has 0 aromatic heterocycles. The molecule has 0 radical (unpaired) electrons. The number of carbonyl (C=O) groups is 1. The lowest BCUT2D eigenvalue weighted by atomic mass is 10.0. The molecule has 1 saturated heterocycles. The van der Waals surface area contributed by atoms with Gasteiger partial charge in [-0.15, -0.1) is 0 Å². The van der Waals surface area contributed by atoms with Gasteiger partial charge in [0.25, 0.3) is 5.69 Å². The van der Waals surface area contributed by atoms with Crippen LogP contribution in [-0.2, 0) is 11.2 Å². The minimum atomic E-state index is -0.411. The summed E-state index contributed by atoms with van der Waals surface area (Å²) in [4.78, 5) is 22.2. The Labute approximate surface area is 122 Å². The van der Waals surface area contributed by atoms with Crippen LogP contribution in [0.15, 0.2) is 12.1 Å². The Balaban J connectivity index is 1.83. The molecule has 21 heavy (non-hydrogen) atoms. The molecule has 1 fully saturated rings. The maximum absolute atomic E-state index is 11.4. The number of nitro benzene ring substituents is 1. The van der Waals surface area contributed by atoms with Crippen molar-refractivity contribution in [2.45, 2.75) is 31.7 Å². The third-order valence-electron chi connectivity index (χ3n) is 4.02. The highest BCUT2D eigenvalue weighted by atomic mass is 16.6. The van der Waals surface area contributed by atoms with Gasteiger partial charge in [-0.2, -0.15) is 0 Å². The Bertz CT molecular complexity index is 582. The van der Waals surface area contributed by atoms with Crippen LogP contribution in [0.5, 0.6) is 0 Å². The number of hydrogen-bond acceptors (Lipinski definition) is 5. The number of nitrogens with one attached hydrogen (secondary N) is 3. The molecule has 2 aliphatic rings. The second-order valence-electron chi connectivity index (χ2n) is 5.51. The predicted molar refractivity (Wildman–Crippen MR) is 79.6 cm³/mol. The number of benzene rings is 1. The topological polar surface area (TPSA) is 96.3 Å². The van der Waals surface area contributed by atoms with Crippen molar-refractivity contribution in [1.82, 2.24) is 5.32 Å². The van der Waals surface area contributed by atoms with E-state index in [2.05, 4.69) is 16.0 Å². The van der Waals surface area contributed by atoms with Crippen molar-refractivity contribution in [1.29, 1.82) is 0 Å². The zero-order valence-electron chi connectivity index (χ0n) is 11.6. The van der Waals surface area contributed by atoms with Crippen molar-refractivity contribution in [3.8, 4) is 0 Å².